The van der Waals surface area contributed by atoms with E-state index in [0.29, 0.717) is 0 Å². The lowest BCUT2D eigenvalue weighted by Gasteiger charge is -2.12. The largest absolute Gasteiger partial charge is 0.374 e. The summed E-state index contributed by atoms with van der Waals surface area (Å²) >= 11 is 0. The zero-order chi connectivity index (χ0) is 9.97. The molecule has 1 aliphatic heterocycles. The van der Waals surface area contributed by atoms with Crippen molar-refractivity contribution in [2.45, 2.75) is 19.3 Å². The molecular weight excluding hydrogens is 172 g/mol. The van der Waals surface area contributed by atoms with Gasteiger partial charge >= 0.3 is 0 Å². The molecule has 0 saturated heterocycles. The molecule has 1 aromatic rings. The molecule has 14 heavy (non-hydrogen) atoms. The summed E-state index contributed by atoms with van der Waals surface area (Å²) in [5.41, 5.74) is 9.84. The van der Waals surface area contributed by atoms with Crippen LogP contribution in [-0.4, -0.2) is 20.1 Å². The summed E-state index contributed by atoms with van der Waals surface area (Å²) < 4.78 is 0. The Morgan fingerprint density at radius 1 is 1.43 bits per heavy atom. The second-order valence-electron chi connectivity index (χ2n) is 4.03. The third kappa shape index (κ3) is 1.75. The molecule has 0 unspecified atom stereocenters. The maximum absolute atomic E-state index is 5.50. The highest BCUT2D eigenvalue weighted by atomic mass is 15.1. The van der Waals surface area contributed by atoms with Crippen molar-refractivity contribution >= 4 is 5.69 Å². The van der Waals surface area contributed by atoms with E-state index in [2.05, 4.69) is 30.1 Å². The number of hydrogen-bond donors (Lipinski definition) is 1. The Morgan fingerprint density at radius 2 is 2.29 bits per heavy atom. The minimum absolute atomic E-state index is 0.789. The average Bonchev–Trinajstić information content (AvgIpc) is 2.57. The van der Waals surface area contributed by atoms with Crippen molar-refractivity contribution < 1.29 is 0 Å². The van der Waals surface area contributed by atoms with Gasteiger partial charge in [-0.15, -0.1) is 0 Å². The molecule has 76 valence electrons. The van der Waals surface area contributed by atoms with Crippen LogP contribution in [0.2, 0.25) is 0 Å². The number of likely N-dealkylation sites (N-methyl/N-ethyl adjacent to an activating group) is 1. The number of nitrogens with two attached hydrogens (primary N) is 1. The topological polar surface area (TPSA) is 29.3 Å². The van der Waals surface area contributed by atoms with Gasteiger partial charge in [-0.05, 0) is 43.0 Å². The summed E-state index contributed by atoms with van der Waals surface area (Å²) in [7, 11) is 2.16. The number of anilines is 1. The molecule has 2 rings (SSSR count). The van der Waals surface area contributed by atoms with Crippen LogP contribution in [0.1, 0.15) is 17.5 Å². The predicted octanol–water partition coefficient (Wildman–Crippen LogP) is 1.57. The molecule has 0 radical (unpaired) electrons. The number of benzene rings is 1. The fraction of sp³-hybridized carbons (Fsp3) is 0.500. The Kier molecular flexibility index (Phi) is 2.73. The first kappa shape index (κ1) is 9.53. The summed E-state index contributed by atoms with van der Waals surface area (Å²) in [5, 5.41) is 0. The SMILES string of the molecule is CN1CCc2cc(CCCN)ccc21. The number of nitrogens with zero attached hydrogens (tertiary/aromatic N) is 1. The number of fused-ring (bicyclic) bond motifs is 1. The number of hydrogen-bond acceptors (Lipinski definition) is 2. The first-order valence-electron chi connectivity index (χ1n) is 5.34. The smallest absolute Gasteiger partial charge is 0.0397 e. The van der Waals surface area contributed by atoms with Crippen LogP contribution in [0.3, 0.4) is 0 Å². The van der Waals surface area contributed by atoms with Crippen molar-refractivity contribution in [2.24, 2.45) is 5.73 Å². The van der Waals surface area contributed by atoms with Gasteiger partial charge in [0, 0.05) is 19.3 Å². The van der Waals surface area contributed by atoms with Crippen LogP contribution in [0.4, 0.5) is 5.69 Å². The van der Waals surface area contributed by atoms with Crippen molar-refractivity contribution in [3.63, 3.8) is 0 Å². The molecule has 1 heterocycles. The normalized spacial score (nSPS) is 14.6. The van der Waals surface area contributed by atoms with Gasteiger partial charge in [0.05, 0.1) is 0 Å². The molecule has 1 aliphatic rings. The maximum atomic E-state index is 5.50. The first-order chi connectivity index (χ1) is 6.81. The second kappa shape index (κ2) is 4.01. The van der Waals surface area contributed by atoms with Crippen LogP contribution in [0.15, 0.2) is 18.2 Å². The van der Waals surface area contributed by atoms with E-state index in [1.807, 2.05) is 0 Å². The molecular formula is C12H18N2. The molecule has 2 N–H and O–H groups in total. The van der Waals surface area contributed by atoms with E-state index in [-0.39, 0.29) is 0 Å². The van der Waals surface area contributed by atoms with Crippen molar-refractivity contribution in [2.75, 3.05) is 25.0 Å². The summed E-state index contributed by atoms with van der Waals surface area (Å²) in [4.78, 5) is 2.32. The molecule has 0 aliphatic carbocycles. The van der Waals surface area contributed by atoms with Gasteiger partial charge in [-0.2, -0.15) is 0 Å². The molecule has 0 spiro atoms. The van der Waals surface area contributed by atoms with Gasteiger partial charge in [0.25, 0.3) is 0 Å². The van der Waals surface area contributed by atoms with E-state index in [0.717, 1.165) is 25.9 Å². The van der Waals surface area contributed by atoms with Gasteiger partial charge < -0.3 is 10.6 Å². The van der Waals surface area contributed by atoms with Crippen LogP contribution in [0.25, 0.3) is 0 Å². The third-order valence-corrected chi connectivity index (χ3v) is 2.94. The van der Waals surface area contributed by atoms with Crippen molar-refractivity contribution in [1.82, 2.24) is 0 Å². The van der Waals surface area contributed by atoms with Crippen LogP contribution in [-0.2, 0) is 12.8 Å². The summed E-state index contributed by atoms with van der Waals surface area (Å²) in [6.45, 7) is 1.95. The first-order valence-corrected chi connectivity index (χ1v) is 5.34. The summed E-state index contributed by atoms with van der Waals surface area (Å²) in [6, 6.07) is 6.82. The molecule has 0 atom stereocenters. The number of rotatable bonds is 3. The molecule has 0 amide bonds. The number of aryl methyl sites for hydroxylation is 1. The third-order valence-electron chi connectivity index (χ3n) is 2.94. The van der Waals surface area contributed by atoms with Gasteiger partial charge in [-0.25, -0.2) is 0 Å². The maximum Gasteiger partial charge on any atom is 0.0397 e. The second-order valence-corrected chi connectivity index (χ2v) is 4.03. The van der Waals surface area contributed by atoms with Crippen LogP contribution < -0.4 is 10.6 Å². The molecule has 2 heteroatoms. The van der Waals surface area contributed by atoms with Crippen LogP contribution in [0, 0.1) is 0 Å². The standard InChI is InChI=1S/C12H18N2/c1-14-8-6-11-9-10(3-2-7-13)4-5-12(11)14/h4-5,9H,2-3,6-8,13H2,1H3. The van der Waals surface area contributed by atoms with E-state index in [9.17, 15) is 0 Å². The van der Waals surface area contributed by atoms with E-state index in [4.69, 9.17) is 5.73 Å². The summed E-state index contributed by atoms with van der Waals surface area (Å²) in [6.07, 6.45) is 3.41. The van der Waals surface area contributed by atoms with Gasteiger partial charge in [0.2, 0.25) is 0 Å². The van der Waals surface area contributed by atoms with Gasteiger partial charge in [0.15, 0.2) is 0 Å². The molecule has 0 aromatic heterocycles. The van der Waals surface area contributed by atoms with Crippen molar-refractivity contribution in [3.05, 3.63) is 29.3 Å². The van der Waals surface area contributed by atoms with E-state index < -0.39 is 0 Å². The van der Waals surface area contributed by atoms with Gasteiger partial charge in [-0.1, -0.05) is 12.1 Å². The van der Waals surface area contributed by atoms with E-state index >= 15 is 0 Å². The predicted molar refractivity (Wildman–Crippen MR) is 60.8 cm³/mol. The van der Waals surface area contributed by atoms with Crippen LogP contribution >= 0.6 is 0 Å². The highest BCUT2D eigenvalue weighted by Crippen LogP contribution is 2.27. The minimum Gasteiger partial charge on any atom is -0.374 e. The highest BCUT2D eigenvalue weighted by molar-refractivity contribution is 5.58. The quantitative estimate of drug-likeness (QED) is 0.784. The van der Waals surface area contributed by atoms with E-state index in [1.165, 1.54) is 23.2 Å². The highest BCUT2D eigenvalue weighted by Gasteiger charge is 2.14. The monoisotopic (exact) mass is 190 g/mol. The van der Waals surface area contributed by atoms with Crippen LogP contribution in [0.5, 0.6) is 0 Å². The van der Waals surface area contributed by atoms with Crippen molar-refractivity contribution in [3.8, 4) is 0 Å². The zero-order valence-electron chi connectivity index (χ0n) is 8.79. The average molecular weight is 190 g/mol. The molecule has 1 aromatic carbocycles. The minimum atomic E-state index is 0.789. The molecule has 2 nitrogen and oxygen atoms in total. The lowest BCUT2D eigenvalue weighted by Crippen LogP contribution is -2.12. The Hall–Kier alpha value is -1.02. The molecule has 0 saturated carbocycles. The van der Waals surface area contributed by atoms with Crippen molar-refractivity contribution in [1.29, 1.82) is 0 Å². The lowest BCUT2D eigenvalue weighted by molar-refractivity contribution is 0.831. The van der Waals surface area contributed by atoms with Gasteiger partial charge in [-0.3, -0.25) is 0 Å². The Bertz CT molecular complexity index is 320. The zero-order valence-corrected chi connectivity index (χ0v) is 8.79. The molecule has 0 bridgehead atoms. The Balaban J connectivity index is 2.15. The fourth-order valence-corrected chi connectivity index (χ4v) is 2.08. The Morgan fingerprint density at radius 3 is 3.07 bits per heavy atom. The van der Waals surface area contributed by atoms with E-state index in [1.54, 1.807) is 0 Å². The lowest BCUT2D eigenvalue weighted by atomic mass is 10.0. The molecule has 0 fully saturated rings. The van der Waals surface area contributed by atoms with Gasteiger partial charge in [0.1, 0.15) is 0 Å². The Labute approximate surface area is 85.7 Å². The fourth-order valence-electron chi connectivity index (χ4n) is 2.08. The summed E-state index contributed by atoms with van der Waals surface area (Å²) in [5.74, 6) is 0.